The Morgan fingerprint density at radius 3 is 2.43 bits per heavy atom. The fraction of sp³-hybridized carbons (Fsp3) is 0.261. The molecule has 0 saturated heterocycles. The first-order valence-electron chi connectivity index (χ1n) is 9.19. The highest BCUT2D eigenvalue weighted by molar-refractivity contribution is 6.31. The normalized spacial score (nSPS) is 11.2. The largest absolute Gasteiger partial charge is 0.368 e. The molecule has 1 aromatic heterocycles. The Balaban J connectivity index is 1.80. The van der Waals surface area contributed by atoms with Crippen molar-refractivity contribution in [3.8, 4) is 6.07 Å². The lowest BCUT2D eigenvalue weighted by atomic mass is 9.77. The van der Waals surface area contributed by atoms with Gasteiger partial charge < -0.3 is 5.73 Å². The summed E-state index contributed by atoms with van der Waals surface area (Å²) in [5, 5.41) is 10.0. The summed E-state index contributed by atoms with van der Waals surface area (Å²) >= 11 is 6.36. The summed E-state index contributed by atoms with van der Waals surface area (Å²) in [5.41, 5.74) is 11.2. The van der Waals surface area contributed by atoms with Crippen LogP contribution in [0.25, 0.3) is 0 Å². The molecule has 0 amide bonds. The van der Waals surface area contributed by atoms with Crippen LogP contribution in [0.3, 0.4) is 0 Å². The third-order valence-electron chi connectivity index (χ3n) is 5.26. The number of nitriles is 1. The van der Waals surface area contributed by atoms with Crippen molar-refractivity contribution in [1.29, 1.82) is 5.26 Å². The summed E-state index contributed by atoms with van der Waals surface area (Å²) in [6.45, 7) is 6.17. The molecule has 0 aliphatic rings. The first-order chi connectivity index (χ1) is 13.3. The van der Waals surface area contributed by atoms with E-state index in [4.69, 9.17) is 17.3 Å². The summed E-state index contributed by atoms with van der Waals surface area (Å²) in [4.78, 5) is 8.17. The van der Waals surface area contributed by atoms with Crippen LogP contribution >= 0.6 is 11.6 Å². The van der Waals surface area contributed by atoms with Gasteiger partial charge in [0.05, 0.1) is 11.6 Å². The van der Waals surface area contributed by atoms with Crippen molar-refractivity contribution in [2.24, 2.45) is 0 Å². The van der Waals surface area contributed by atoms with Crippen LogP contribution < -0.4 is 5.73 Å². The molecular weight excluding hydrogens is 368 g/mol. The standard InChI is InChI=1S/C23H23ClN4/c1-15-17(14-25)12-19(13-21(15)24)23(2,3)18-7-4-16(5-8-18)6-9-20-10-11-27-22(26)28-20/h4-5,7-8,10-13H,6,9H2,1-3H3,(H2,26,27,28). The van der Waals surface area contributed by atoms with E-state index in [1.54, 1.807) is 6.20 Å². The van der Waals surface area contributed by atoms with Crippen molar-refractivity contribution in [3.05, 3.63) is 87.2 Å². The fourth-order valence-corrected chi connectivity index (χ4v) is 3.45. The molecule has 2 N–H and O–H groups in total. The van der Waals surface area contributed by atoms with Crippen LogP contribution in [0.2, 0.25) is 5.02 Å². The zero-order valence-corrected chi connectivity index (χ0v) is 17.1. The predicted molar refractivity (Wildman–Crippen MR) is 113 cm³/mol. The number of benzene rings is 2. The zero-order valence-electron chi connectivity index (χ0n) is 16.3. The Labute approximate surface area is 171 Å². The van der Waals surface area contributed by atoms with E-state index in [0.717, 1.165) is 29.7 Å². The van der Waals surface area contributed by atoms with Crippen molar-refractivity contribution in [2.75, 3.05) is 5.73 Å². The highest BCUT2D eigenvalue weighted by atomic mass is 35.5. The molecule has 142 valence electrons. The van der Waals surface area contributed by atoms with Gasteiger partial charge in [-0.15, -0.1) is 0 Å². The van der Waals surface area contributed by atoms with Crippen LogP contribution in [-0.4, -0.2) is 9.97 Å². The second-order valence-corrected chi connectivity index (χ2v) is 7.88. The SMILES string of the molecule is Cc1c(Cl)cc(C(C)(C)c2ccc(CCc3ccnc(N)n3)cc2)cc1C#N. The van der Waals surface area contributed by atoms with Crippen LogP contribution in [0.15, 0.2) is 48.7 Å². The van der Waals surface area contributed by atoms with E-state index < -0.39 is 0 Å². The molecule has 28 heavy (non-hydrogen) atoms. The van der Waals surface area contributed by atoms with E-state index in [2.05, 4.69) is 54.2 Å². The third-order valence-corrected chi connectivity index (χ3v) is 5.66. The number of rotatable bonds is 5. The monoisotopic (exact) mass is 390 g/mol. The molecule has 0 aliphatic carbocycles. The number of hydrogen-bond donors (Lipinski definition) is 1. The van der Waals surface area contributed by atoms with Crippen LogP contribution in [0.4, 0.5) is 5.95 Å². The van der Waals surface area contributed by atoms with Gasteiger partial charge in [-0.25, -0.2) is 9.97 Å². The molecule has 0 bridgehead atoms. The molecule has 0 atom stereocenters. The van der Waals surface area contributed by atoms with Crippen molar-refractivity contribution in [3.63, 3.8) is 0 Å². The number of aromatic nitrogens is 2. The van der Waals surface area contributed by atoms with Gasteiger partial charge >= 0.3 is 0 Å². The summed E-state index contributed by atoms with van der Waals surface area (Å²) in [7, 11) is 0. The lowest BCUT2D eigenvalue weighted by Gasteiger charge is -2.27. The minimum Gasteiger partial charge on any atom is -0.368 e. The molecule has 0 fully saturated rings. The molecule has 3 rings (SSSR count). The van der Waals surface area contributed by atoms with Crippen molar-refractivity contribution >= 4 is 17.5 Å². The van der Waals surface area contributed by atoms with Crippen molar-refractivity contribution in [2.45, 2.75) is 39.0 Å². The van der Waals surface area contributed by atoms with Crippen LogP contribution in [0, 0.1) is 18.3 Å². The summed E-state index contributed by atoms with van der Waals surface area (Å²) in [6.07, 6.45) is 3.38. The third kappa shape index (κ3) is 4.16. The summed E-state index contributed by atoms with van der Waals surface area (Å²) < 4.78 is 0. The molecule has 1 heterocycles. The second kappa shape index (κ2) is 8.00. The quantitative estimate of drug-likeness (QED) is 0.664. The van der Waals surface area contributed by atoms with Gasteiger partial charge in [0.1, 0.15) is 0 Å². The number of halogens is 1. The van der Waals surface area contributed by atoms with Crippen molar-refractivity contribution in [1.82, 2.24) is 9.97 Å². The van der Waals surface area contributed by atoms with E-state index in [0.29, 0.717) is 16.5 Å². The van der Waals surface area contributed by atoms with Crippen molar-refractivity contribution < 1.29 is 0 Å². The maximum absolute atomic E-state index is 9.38. The maximum atomic E-state index is 9.38. The van der Waals surface area contributed by atoms with Crippen LogP contribution in [0.5, 0.6) is 0 Å². The first kappa shape index (κ1) is 19.9. The molecule has 4 nitrogen and oxygen atoms in total. The number of nitrogens with two attached hydrogens (primary N) is 1. The van der Waals surface area contributed by atoms with Crippen LogP contribution in [0.1, 0.15) is 47.4 Å². The Morgan fingerprint density at radius 2 is 1.79 bits per heavy atom. The van der Waals surface area contributed by atoms with E-state index in [1.165, 1.54) is 11.1 Å². The first-order valence-corrected chi connectivity index (χ1v) is 9.56. The molecule has 0 radical (unpaired) electrons. The van der Waals surface area contributed by atoms with E-state index >= 15 is 0 Å². The summed E-state index contributed by atoms with van der Waals surface area (Å²) in [5.74, 6) is 0.308. The highest BCUT2D eigenvalue weighted by Crippen LogP contribution is 2.35. The number of aryl methyl sites for hydroxylation is 2. The Morgan fingerprint density at radius 1 is 1.07 bits per heavy atom. The molecule has 5 heteroatoms. The van der Waals surface area contributed by atoms with Gasteiger partial charge in [0.2, 0.25) is 5.95 Å². The van der Waals surface area contributed by atoms with E-state index in [-0.39, 0.29) is 5.41 Å². The highest BCUT2D eigenvalue weighted by Gasteiger charge is 2.24. The molecule has 0 unspecified atom stereocenters. The molecule has 0 spiro atoms. The molecule has 3 aromatic rings. The van der Waals surface area contributed by atoms with Gasteiger partial charge in [-0.3, -0.25) is 0 Å². The van der Waals surface area contributed by atoms with Gasteiger partial charge in [-0.2, -0.15) is 5.26 Å². The molecular formula is C23H23ClN4. The molecule has 0 aliphatic heterocycles. The van der Waals surface area contributed by atoms with Gasteiger partial charge in [-0.05, 0) is 60.2 Å². The van der Waals surface area contributed by atoms with Gasteiger partial charge in [0.25, 0.3) is 0 Å². The van der Waals surface area contributed by atoms with Gasteiger partial charge in [0, 0.05) is 22.3 Å². The second-order valence-electron chi connectivity index (χ2n) is 7.47. The molecule has 0 saturated carbocycles. The van der Waals surface area contributed by atoms with Gasteiger partial charge in [-0.1, -0.05) is 49.7 Å². The smallest absolute Gasteiger partial charge is 0.220 e. The predicted octanol–water partition coefficient (Wildman–Crippen LogP) is 5.00. The Kier molecular flexibility index (Phi) is 5.67. The number of anilines is 1. The van der Waals surface area contributed by atoms with E-state index in [1.807, 2.05) is 25.1 Å². The Bertz CT molecular complexity index is 1030. The Hall–Kier alpha value is -2.90. The molecule has 2 aromatic carbocycles. The van der Waals surface area contributed by atoms with E-state index in [9.17, 15) is 5.26 Å². The summed E-state index contributed by atoms with van der Waals surface area (Å²) in [6, 6.07) is 16.6. The lowest BCUT2D eigenvalue weighted by Crippen LogP contribution is -2.19. The van der Waals surface area contributed by atoms with Gasteiger partial charge in [0.15, 0.2) is 0 Å². The minimum atomic E-state index is -0.261. The lowest BCUT2D eigenvalue weighted by molar-refractivity contribution is 0.640. The maximum Gasteiger partial charge on any atom is 0.220 e. The topological polar surface area (TPSA) is 75.6 Å². The number of hydrogen-bond acceptors (Lipinski definition) is 4. The fourth-order valence-electron chi connectivity index (χ4n) is 3.24. The average molecular weight is 391 g/mol. The zero-order chi connectivity index (χ0) is 20.3. The number of nitrogens with zero attached hydrogens (tertiary/aromatic N) is 3. The minimum absolute atomic E-state index is 0.261. The average Bonchev–Trinajstić information content (AvgIpc) is 2.68. The number of nitrogen functional groups attached to an aromatic ring is 1. The van der Waals surface area contributed by atoms with Crippen LogP contribution in [-0.2, 0) is 18.3 Å².